The first-order valence-corrected chi connectivity index (χ1v) is 7.72. The quantitative estimate of drug-likeness (QED) is 0.184. The number of aliphatic carboxylic acids is 1. The van der Waals surface area contributed by atoms with Gasteiger partial charge in [0.1, 0.15) is 18.1 Å². The van der Waals surface area contributed by atoms with Crippen LogP contribution in [0.1, 0.15) is 0 Å². The van der Waals surface area contributed by atoms with Gasteiger partial charge in [0, 0.05) is 11.5 Å². The number of carboxylic acid groups (broad SMARTS) is 1. The maximum absolute atomic E-state index is 11.9. The van der Waals surface area contributed by atoms with Gasteiger partial charge in [0.15, 0.2) is 0 Å². The maximum Gasteiger partial charge on any atom is 0.327 e. The van der Waals surface area contributed by atoms with Gasteiger partial charge in [0.2, 0.25) is 17.7 Å². The van der Waals surface area contributed by atoms with Crippen molar-refractivity contribution in [2.75, 3.05) is 24.7 Å². The van der Waals surface area contributed by atoms with Gasteiger partial charge in [-0.15, -0.1) is 0 Å². The molecule has 0 aromatic heterocycles. The Morgan fingerprint density at radius 3 is 1.78 bits per heavy atom. The second kappa shape index (κ2) is 11.1. The predicted octanol–water partition coefficient (Wildman–Crippen LogP) is -3.66. The molecule has 12 heteroatoms. The number of carboxylic acids is 1. The zero-order chi connectivity index (χ0) is 18.0. The lowest BCUT2D eigenvalue weighted by Gasteiger charge is -2.22. The second-order valence-corrected chi connectivity index (χ2v) is 5.06. The number of hydrogen-bond acceptors (Lipinski definition) is 8. The van der Waals surface area contributed by atoms with Crippen molar-refractivity contribution < 1.29 is 29.4 Å². The van der Waals surface area contributed by atoms with E-state index >= 15 is 0 Å². The average molecular weight is 368 g/mol. The minimum atomic E-state index is -1.29. The number of carbonyl (C=O) groups is 4. The fourth-order valence-electron chi connectivity index (χ4n) is 1.37. The predicted molar refractivity (Wildman–Crippen MR) is 87.3 cm³/mol. The van der Waals surface area contributed by atoms with Gasteiger partial charge >= 0.3 is 5.97 Å². The van der Waals surface area contributed by atoms with E-state index < -0.39 is 48.4 Å². The van der Waals surface area contributed by atoms with E-state index in [1.165, 1.54) is 0 Å². The highest BCUT2D eigenvalue weighted by Gasteiger charge is 2.27. The fourth-order valence-corrected chi connectivity index (χ4v) is 1.88. The third kappa shape index (κ3) is 7.54. The van der Waals surface area contributed by atoms with Crippen molar-refractivity contribution in [1.82, 2.24) is 16.0 Å². The average Bonchev–Trinajstić information content (AvgIpc) is 2.53. The van der Waals surface area contributed by atoms with Gasteiger partial charge in [-0.25, -0.2) is 4.79 Å². The molecule has 0 aliphatic carbocycles. The van der Waals surface area contributed by atoms with Gasteiger partial charge in [0.05, 0.1) is 13.2 Å². The summed E-state index contributed by atoms with van der Waals surface area (Å²) in [5, 5.41) is 24.5. The highest BCUT2D eigenvalue weighted by Crippen LogP contribution is 1.95. The van der Waals surface area contributed by atoms with Crippen LogP contribution in [0.25, 0.3) is 0 Å². The Hall–Kier alpha value is -1.50. The smallest absolute Gasteiger partial charge is 0.327 e. The Balaban J connectivity index is 4.78. The Bertz CT molecular complexity index is 450. The summed E-state index contributed by atoms with van der Waals surface area (Å²) in [5.74, 6) is -3.81. The topological polar surface area (TPSA) is 171 Å². The van der Waals surface area contributed by atoms with E-state index in [1.807, 2.05) is 0 Å². The molecule has 0 heterocycles. The lowest BCUT2D eigenvalue weighted by molar-refractivity contribution is -0.141. The van der Waals surface area contributed by atoms with Crippen molar-refractivity contribution >= 4 is 48.9 Å². The van der Waals surface area contributed by atoms with Crippen LogP contribution in [0.2, 0.25) is 0 Å². The molecule has 0 bridgehead atoms. The van der Waals surface area contributed by atoms with Crippen LogP contribution in [0, 0.1) is 0 Å². The largest absolute Gasteiger partial charge is 0.480 e. The Morgan fingerprint density at radius 1 is 0.913 bits per heavy atom. The number of thiol groups is 2. The van der Waals surface area contributed by atoms with Crippen molar-refractivity contribution in [3.8, 4) is 0 Å². The molecule has 0 spiro atoms. The number of amides is 3. The summed E-state index contributed by atoms with van der Waals surface area (Å²) in [5.41, 5.74) is 5.08. The summed E-state index contributed by atoms with van der Waals surface area (Å²) < 4.78 is 0. The highest BCUT2D eigenvalue weighted by molar-refractivity contribution is 7.80. The van der Waals surface area contributed by atoms with Gasteiger partial charge in [-0.1, -0.05) is 0 Å². The van der Waals surface area contributed by atoms with Crippen molar-refractivity contribution in [3.63, 3.8) is 0 Å². The number of rotatable bonds is 10. The lowest BCUT2D eigenvalue weighted by Crippen LogP contribution is -2.57. The van der Waals surface area contributed by atoms with Crippen molar-refractivity contribution in [3.05, 3.63) is 0 Å². The number of aliphatic hydroxyl groups excluding tert-OH is 1. The van der Waals surface area contributed by atoms with Crippen molar-refractivity contribution in [2.24, 2.45) is 5.73 Å². The van der Waals surface area contributed by atoms with Gasteiger partial charge in [0.25, 0.3) is 0 Å². The second-order valence-electron chi connectivity index (χ2n) is 4.33. The van der Waals surface area contributed by atoms with Crippen LogP contribution in [0.15, 0.2) is 0 Å². The summed E-state index contributed by atoms with van der Waals surface area (Å²) in [7, 11) is 0. The van der Waals surface area contributed by atoms with Crippen LogP contribution in [0.5, 0.6) is 0 Å². The van der Waals surface area contributed by atoms with E-state index in [0.29, 0.717) is 0 Å². The first-order chi connectivity index (χ1) is 10.8. The lowest BCUT2D eigenvalue weighted by atomic mass is 10.2. The van der Waals surface area contributed by atoms with E-state index in [2.05, 4.69) is 41.2 Å². The number of aliphatic hydroxyl groups is 1. The SMILES string of the molecule is NCC(=O)NC(CO)C(=O)NC(CS)C(=O)NC(CS)C(=O)O. The van der Waals surface area contributed by atoms with Crippen LogP contribution >= 0.6 is 25.3 Å². The summed E-state index contributed by atoms with van der Waals surface area (Å²) in [6.45, 7) is -1.07. The van der Waals surface area contributed by atoms with E-state index in [9.17, 15) is 19.2 Å². The molecule has 132 valence electrons. The van der Waals surface area contributed by atoms with E-state index in [4.69, 9.17) is 15.9 Å². The molecule has 0 saturated heterocycles. The van der Waals surface area contributed by atoms with Crippen LogP contribution in [-0.4, -0.2) is 76.7 Å². The summed E-state index contributed by atoms with van der Waals surface area (Å²) in [6.07, 6.45) is 0. The van der Waals surface area contributed by atoms with Gasteiger partial charge in [-0.05, 0) is 0 Å². The molecule has 23 heavy (non-hydrogen) atoms. The van der Waals surface area contributed by atoms with Crippen LogP contribution in [0.4, 0.5) is 0 Å². The third-order valence-corrected chi connectivity index (χ3v) is 3.36. The summed E-state index contributed by atoms with van der Waals surface area (Å²) in [4.78, 5) is 45.8. The zero-order valence-corrected chi connectivity index (χ0v) is 13.8. The molecule has 0 rings (SSSR count). The molecule has 0 aliphatic rings. The normalized spacial score (nSPS) is 14.3. The Kier molecular flexibility index (Phi) is 10.4. The molecule has 0 radical (unpaired) electrons. The fraction of sp³-hybridized carbons (Fsp3) is 0.636. The third-order valence-electron chi connectivity index (χ3n) is 2.63. The molecule has 0 aromatic rings. The molecule has 3 amide bonds. The molecule has 0 aliphatic heterocycles. The highest BCUT2D eigenvalue weighted by atomic mass is 32.1. The maximum atomic E-state index is 11.9. The van der Waals surface area contributed by atoms with Gasteiger partial charge in [-0.2, -0.15) is 25.3 Å². The molecule has 10 nitrogen and oxygen atoms in total. The molecule has 0 aromatic carbocycles. The first kappa shape index (κ1) is 21.5. The van der Waals surface area contributed by atoms with E-state index in [1.54, 1.807) is 0 Å². The number of nitrogens with one attached hydrogen (secondary N) is 3. The van der Waals surface area contributed by atoms with E-state index in [-0.39, 0.29) is 18.1 Å². The van der Waals surface area contributed by atoms with Crippen LogP contribution in [0.3, 0.4) is 0 Å². The minimum Gasteiger partial charge on any atom is -0.480 e. The van der Waals surface area contributed by atoms with Crippen LogP contribution in [-0.2, 0) is 19.2 Å². The Morgan fingerprint density at radius 2 is 1.39 bits per heavy atom. The van der Waals surface area contributed by atoms with Crippen molar-refractivity contribution in [1.29, 1.82) is 0 Å². The number of nitrogens with two attached hydrogens (primary N) is 1. The molecule has 0 saturated carbocycles. The summed E-state index contributed by atoms with van der Waals surface area (Å²) in [6, 6.07) is -3.67. The van der Waals surface area contributed by atoms with Gasteiger partial charge < -0.3 is 31.9 Å². The zero-order valence-electron chi connectivity index (χ0n) is 12.1. The molecule has 3 unspecified atom stereocenters. The number of carbonyl (C=O) groups excluding carboxylic acids is 3. The standard InChI is InChI=1S/C11H20N4O6S2/c12-1-8(17)13-5(2-16)9(18)14-6(3-22)10(19)15-7(4-23)11(20)21/h5-7,16,22-23H,1-4,12H2,(H,13,17)(H,14,18)(H,15,19)(H,20,21). The summed E-state index contributed by atoms with van der Waals surface area (Å²) >= 11 is 7.71. The molecule has 3 atom stereocenters. The monoisotopic (exact) mass is 368 g/mol. The molecular formula is C11H20N4O6S2. The van der Waals surface area contributed by atoms with Gasteiger partial charge in [-0.3, -0.25) is 14.4 Å². The first-order valence-electron chi connectivity index (χ1n) is 6.46. The van der Waals surface area contributed by atoms with E-state index in [0.717, 1.165) is 0 Å². The molecule has 7 N–H and O–H groups in total. The van der Waals surface area contributed by atoms with Crippen molar-refractivity contribution in [2.45, 2.75) is 18.1 Å². The minimum absolute atomic E-state index is 0.126. The Labute approximate surface area is 143 Å². The van der Waals surface area contributed by atoms with Crippen LogP contribution < -0.4 is 21.7 Å². The molecular weight excluding hydrogens is 348 g/mol. The number of hydrogen-bond donors (Lipinski definition) is 8. The molecule has 0 fully saturated rings.